The molecule has 0 aliphatic rings. The van der Waals surface area contributed by atoms with Gasteiger partial charge in [0.2, 0.25) is 5.91 Å². The van der Waals surface area contributed by atoms with Gasteiger partial charge in [-0.05, 0) is 24.1 Å². The zero-order chi connectivity index (χ0) is 13.4. The first-order valence-corrected chi connectivity index (χ1v) is 6.01. The van der Waals surface area contributed by atoms with E-state index in [2.05, 4.69) is 11.4 Å². The van der Waals surface area contributed by atoms with Gasteiger partial charge in [-0.25, -0.2) is 0 Å². The summed E-state index contributed by atoms with van der Waals surface area (Å²) in [5.74, 6) is 0.639. The third-order valence-electron chi connectivity index (χ3n) is 2.59. The van der Waals surface area contributed by atoms with Crippen molar-refractivity contribution >= 4 is 5.91 Å². The fraction of sp³-hybridized carbons (Fsp3) is 0.429. The number of carbonyl (C=O) groups excluding carboxylic acids is 1. The van der Waals surface area contributed by atoms with E-state index in [4.69, 9.17) is 10.00 Å². The molecule has 0 fully saturated rings. The van der Waals surface area contributed by atoms with Crippen LogP contribution in [-0.2, 0) is 11.2 Å². The van der Waals surface area contributed by atoms with Crippen LogP contribution in [0.1, 0.15) is 25.3 Å². The molecule has 0 bridgehead atoms. The Morgan fingerprint density at radius 2 is 2.11 bits per heavy atom. The molecule has 0 aliphatic carbocycles. The Bertz CT molecular complexity index is 420. The van der Waals surface area contributed by atoms with Crippen LogP contribution in [0.15, 0.2) is 24.3 Å². The molecule has 1 rings (SSSR count). The fourth-order valence-corrected chi connectivity index (χ4v) is 1.63. The van der Waals surface area contributed by atoms with Gasteiger partial charge in [0.05, 0.1) is 19.6 Å². The number of hydrogen-bond donors (Lipinski definition) is 1. The molecule has 1 unspecified atom stereocenters. The van der Waals surface area contributed by atoms with Gasteiger partial charge in [0.1, 0.15) is 11.8 Å². The molecule has 1 aromatic rings. The maximum Gasteiger partial charge on any atom is 0.225 e. The van der Waals surface area contributed by atoms with Gasteiger partial charge in [0.25, 0.3) is 0 Å². The number of amides is 1. The van der Waals surface area contributed by atoms with Gasteiger partial charge < -0.3 is 10.1 Å². The van der Waals surface area contributed by atoms with Gasteiger partial charge in [0, 0.05) is 0 Å². The van der Waals surface area contributed by atoms with E-state index in [1.54, 1.807) is 7.11 Å². The number of nitrogens with one attached hydrogen (secondary N) is 1. The van der Waals surface area contributed by atoms with Crippen LogP contribution in [0.25, 0.3) is 0 Å². The second-order valence-corrected chi connectivity index (χ2v) is 4.06. The molecule has 96 valence electrons. The van der Waals surface area contributed by atoms with E-state index in [1.807, 2.05) is 31.2 Å². The third-order valence-corrected chi connectivity index (χ3v) is 2.59. The van der Waals surface area contributed by atoms with Crippen molar-refractivity contribution in [2.75, 3.05) is 7.11 Å². The number of ether oxygens (including phenoxy) is 1. The Labute approximate surface area is 108 Å². The number of methoxy groups -OCH3 is 1. The maximum absolute atomic E-state index is 11.7. The van der Waals surface area contributed by atoms with E-state index in [-0.39, 0.29) is 18.4 Å². The highest BCUT2D eigenvalue weighted by Gasteiger charge is 2.10. The number of nitriles is 1. The summed E-state index contributed by atoms with van der Waals surface area (Å²) in [7, 11) is 1.60. The van der Waals surface area contributed by atoms with Crippen LogP contribution < -0.4 is 10.1 Å². The zero-order valence-corrected chi connectivity index (χ0v) is 10.8. The molecule has 0 aliphatic heterocycles. The van der Waals surface area contributed by atoms with Crippen LogP contribution in [0.4, 0.5) is 0 Å². The summed E-state index contributed by atoms with van der Waals surface area (Å²) in [6.45, 7) is 1.99. The van der Waals surface area contributed by atoms with E-state index in [0.717, 1.165) is 17.7 Å². The van der Waals surface area contributed by atoms with Crippen molar-refractivity contribution in [3.63, 3.8) is 0 Å². The number of rotatable bonds is 6. The summed E-state index contributed by atoms with van der Waals surface area (Å²) in [4.78, 5) is 11.7. The molecular formula is C14H18N2O2. The number of nitrogens with zero attached hydrogens (tertiary/aromatic N) is 1. The molecule has 0 saturated heterocycles. The molecule has 1 amide bonds. The number of benzene rings is 1. The van der Waals surface area contributed by atoms with E-state index in [0.29, 0.717) is 6.42 Å². The van der Waals surface area contributed by atoms with E-state index in [9.17, 15) is 4.79 Å². The average Bonchev–Trinajstić information content (AvgIpc) is 2.39. The van der Waals surface area contributed by atoms with Crippen molar-refractivity contribution in [2.24, 2.45) is 0 Å². The SMILES string of the molecule is CCCC(C#N)NC(=O)Cc1ccc(OC)cc1. The van der Waals surface area contributed by atoms with Crippen molar-refractivity contribution in [1.29, 1.82) is 5.26 Å². The zero-order valence-electron chi connectivity index (χ0n) is 10.8. The molecule has 1 aromatic carbocycles. The Kier molecular flexibility index (Phi) is 5.72. The molecule has 0 saturated carbocycles. The lowest BCUT2D eigenvalue weighted by Crippen LogP contribution is -2.34. The van der Waals surface area contributed by atoms with Crippen molar-refractivity contribution < 1.29 is 9.53 Å². The first kappa shape index (κ1) is 14.0. The van der Waals surface area contributed by atoms with Crippen molar-refractivity contribution in [1.82, 2.24) is 5.32 Å². The second-order valence-electron chi connectivity index (χ2n) is 4.06. The Balaban J connectivity index is 2.51. The lowest BCUT2D eigenvalue weighted by molar-refractivity contribution is -0.120. The molecule has 4 nitrogen and oxygen atoms in total. The summed E-state index contributed by atoms with van der Waals surface area (Å²) in [5.41, 5.74) is 0.904. The van der Waals surface area contributed by atoms with Crippen molar-refractivity contribution in [2.45, 2.75) is 32.2 Å². The highest BCUT2D eigenvalue weighted by Crippen LogP contribution is 2.11. The summed E-state index contributed by atoms with van der Waals surface area (Å²) >= 11 is 0. The van der Waals surface area contributed by atoms with E-state index in [1.165, 1.54) is 0 Å². The van der Waals surface area contributed by atoms with Crippen LogP contribution in [0.2, 0.25) is 0 Å². The molecule has 0 radical (unpaired) electrons. The van der Waals surface area contributed by atoms with Gasteiger partial charge in [0.15, 0.2) is 0 Å². The lowest BCUT2D eigenvalue weighted by atomic mass is 10.1. The first-order valence-electron chi connectivity index (χ1n) is 6.01. The molecule has 0 spiro atoms. The molecule has 1 N–H and O–H groups in total. The molecule has 4 heteroatoms. The second kappa shape index (κ2) is 7.33. The quantitative estimate of drug-likeness (QED) is 0.835. The first-order chi connectivity index (χ1) is 8.69. The summed E-state index contributed by atoms with van der Waals surface area (Å²) < 4.78 is 5.04. The summed E-state index contributed by atoms with van der Waals surface area (Å²) in [6.07, 6.45) is 1.85. The van der Waals surface area contributed by atoms with Crippen molar-refractivity contribution in [3.8, 4) is 11.8 Å². The maximum atomic E-state index is 11.7. The molecular weight excluding hydrogens is 228 g/mol. The third kappa shape index (κ3) is 4.46. The normalized spacial score (nSPS) is 11.4. The Morgan fingerprint density at radius 1 is 1.44 bits per heavy atom. The minimum absolute atomic E-state index is 0.125. The molecule has 0 aromatic heterocycles. The highest BCUT2D eigenvalue weighted by atomic mass is 16.5. The van der Waals surface area contributed by atoms with Crippen LogP contribution in [0, 0.1) is 11.3 Å². The average molecular weight is 246 g/mol. The highest BCUT2D eigenvalue weighted by molar-refractivity contribution is 5.79. The predicted molar refractivity (Wildman–Crippen MR) is 69.1 cm³/mol. The van der Waals surface area contributed by atoms with Gasteiger partial charge in [-0.1, -0.05) is 25.5 Å². The number of carbonyl (C=O) groups is 1. The van der Waals surface area contributed by atoms with E-state index >= 15 is 0 Å². The van der Waals surface area contributed by atoms with Crippen LogP contribution in [0.3, 0.4) is 0 Å². The largest absolute Gasteiger partial charge is 0.497 e. The summed E-state index contributed by atoms with van der Waals surface area (Å²) in [6, 6.07) is 9.02. The lowest BCUT2D eigenvalue weighted by Gasteiger charge is -2.10. The van der Waals surface area contributed by atoms with Gasteiger partial charge >= 0.3 is 0 Å². The summed E-state index contributed by atoms with van der Waals surface area (Å²) in [5, 5.41) is 11.6. The van der Waals surface area contributed by atoms with Crippen LogP contribution >= 0.6 is 0 Å². The molecule has 1 atom stereocenters. The van der Waals surface area contributed by atoms with Gasteiger partial charge in [-0.3, -0.25) is 4.79 Å². The molecule has 0 heterocycles. The minimum Gasteiger partial charge on any atom is -0.497 e. The standard InChI is InChI=1S/C14H18N2O2/c1-3-4-12(10-15)16-14(17)9-11-5-7-13(18-2)8-6-11/h5-8,12H,3-4,9H2,1-2H3,(H,16,17). The Hall–Kier alpha value is -2.02. The van der Waals surface area contributed by atoms with Crippen LogP contribution in [-0.4, -0.2) is 19.1 Å². The van der Waals surface area contributed by atoms with Crippen molar-refractivity contribution in [3.05, 3.63) is 29.8 Å². The molecule has 18 heavy (non-hydrogen) atoms. The van der Waals surface area contributed by atoms with Gasteiger partial charge in [-0.15, -0.1) is 0 Å². The fourth-order valence-electron chi connectivity index (χ4n) is 1.63. The van der Waals surface area contributed by atoms with E-state index < -0.39 is 0 Å². The minimum atomic E-state index is -0.388. The monoisotopic (exact) mass is 246 g/mol. The number of hydrogen-bond acceptors (Lipinski definition) is 3. The topological polar surface area (TPSA) is 62.1 Å². The van der Waals surface area contributed by atoms with Gasteiger partial charge in [-0.2, -0.15) is 5.26 Å². The van der Waals surface area contributed by atoms with Crippen LogP contribution in [0.5, 0.6) is 5.75 Å². The Morgan fingerprint density at radius 3 is 2.61 bits per heavy atom. The smallest absolute Gasteiger partial charge is 0.225 e. The predicted octanol–water partition coefficient (Wildman–Crippen LogP) is 2.05.